The van der Waals surface area contributed by atoms with Gasteiger partial charge in [0.1, 0.15) is 0 Å². The summed E-state index contributed by atoms with van der Waals surface area (Å²) in [4.78, 5) is 17.0. The lowest BCUT2D eigenvalue weighted by Crippen LogP contribution is -2.48. The largest absolute Gasteiger partial charge is 0.396 e. The number of nitrogens with zero attached hydrogens (tertiary/aromatic N) is 2. The Morgan fingerprint density at radius 2 is 2.05 bits per heavy atom. The number of aryl methyl sites for hydroxylation is 1. The molecule has 0 spiro atoms. The second-order valence-corrected chi connectivity index (χ2v) is 5.26. The van der Waals surface area contributed by atoms with Gasteiger partial charge < -0.3 is 15.0 Å². The van der Waals surface area contributed by atoms with E-state index < -0.39 is 0 Å². The van der Waals surface area contributed by atoms with E-state index in [2.05, 4.69) is 9.88 Å². The first-order valence-electron chi connectivity index (χ1n) is 6.78. The summed E-state index contributed by atoms with van der Waals surface area (Å²) in [5, 5.41) is 8.96. The minimum Gasteiger partial charge on any atom is -0.396 e. The van der Waals surface area contributed by atoms with Crippen LogP contribution in [0.15, 0.2) is 29.1 Å². The van der Waals surface area contributed by atoms with E-state index >= 15 is 0 Å². The molecule has 19 heavy (non-hydrogen) atoms. The molecule has 0 bridgehead atoms. The lowest BCUT2D eigenvalue weighted by atomic mass is 10.0. The summed E-state index contributed by atoms with van der Waals surface area (Å²) in [6.07, 6.45) is 0.958. The molecule has 5 heteroatoms. The first-order valence-corrected chi connectivity index (χ1v) is 6.78. The van der Waals surface area contributed by atoms with Gasteiger partial charge in [0.15, 0.2) is 0 Å². The van der Waals surface area contributed by atoms with Crippen LogP contribution >= 0.6 is 0 Å². The van der Waals surface area contributed by atoms with Crippen LogP contribution in [0.5, 0.6) is 0 Å². The van der Waals surface area contributed by atoms with E-state index in [0.29, 0.717) is 12.5 Å². The zero-order valence-corrected chi connectivity index (χ0v) is 10.9. The third-order valence-corrected chi connectivity index (χ3v) is 3.83. The molecule has 5 nitrogen and oxygen atoms in total. The lowest BCUT2D eigenvalue weighted by Gasteiger charge is -2.38. The fraction of sp³-hybridized carbons (Fsp3) is 0.500. The zero-order valence-electron chi connectivity index (χ0n) is 10.9. The summed E-state index contributed by atoms with van der Waals surface area (Å²) < 4.78 is 1.80. The highest BCUT2D eigenvalue weighted by Gasteiger charge is 2.24. The Bertz CT molecular complexity index is 610. The molecule has 0 saturated carbocycles. The van der Waals surface area contributed by atoms with Crippen LogP contribution in [0.2, 0.25) is 0 Å². The summed E-state index contributed by atoms with van der Waals surface area (Å²) in [5.41, 5.74) is 1.85. The monoisotopic (exact) mass is 261 g/mol. The van der Waals surface area contributed by atoms with Crippen molar-refractivity contribution in [3.05, 3.63) is 34.7 Å². The topological polar surface area (TPSA) is 61.3 Å². The number of likely N-dealkylation sites (tertiary alicyclic amines) is 1. The number of rotatable bonds is 5. The van der Waals surface area contributed by atoms with Crippen LogP contribution in [0, 0.1) is 5.92 Å². The molecule has 1 fully saturated rings. The summed E-state index contributed by atoms with van der Waals surface area (Å²) in [5.74, 6) is 0.454. The van der Waals surface area contributed by atoms with Gasteiger partial charge in [0.05, 0.1) is 11.0 Å². The molecule has 1 saturated heterocycles. The maximum absolute atomic E-state index is 11.9. The molecule has 0 radical (unpaired) electrons. The fourth-order valence-electron chi connectivity index (χ4n) is 2.76. The van der Waals surface area contributed by atoms with Crippen LogP contribution in [0.1, 0.15) is 6.42 Å². The number of hydrogen-bond acceptors (Lipinski definition) is 3. The molecule has 2 heterocycles. The van der Waals surface area contributed by atoms with Gasteiger partial charge in [-0.3, -0.25) is 4.57 Å². The summed E-state index contributed by atoms with van der Waals surface area (Å²) >= 11 is 0. The quantitative estimate of drug-likeness (QED) is 0.830. The molecule has 2 aromatic rings. The minimum atomic E-state index is -0.0296. The van der Waals surface area contributed by atoms with Crippen LogP contribution in [-0.2, 0) is 6.54 Å². The van der Waals surface area contributed by atoms with Crippen molar-refractivity contribution in [3.63, 3.8) is 0 Å². The third-order valence-electron chi connectivity index (χ3n) is 3.83. The second kappa shape index (κ2) is 5.19. The maximum atomic E-state index is 11.9. The number of H-pyrrole nitrogens is 1. The molecule has 3 rings (SSSR count). The Morgan fingerprint density at radius 3 is 2.84 bits per heavy atom. The molecular formula is C14H19N3O2. The van der Waals surface area contributed by atoms with Gasteiger partial charge in [0, 0.05) is 32.2 Å². The fourth-order valence-corrected chi connectivity index (χ4v) is 2.76. The Balaban J connectivity index is 1.60. The Labute approximate surface area is 111 Å². The first-order chi connectivity index (χ1) is 9.28. The molecule has 1 aromatic carbocycles. The number of imidazole rings is 1. The predicted octanol–water partition coefficient (Wildman–Crippen LogP) is 0.644. The number of aliphatic hydroxyl groups excluding tert-OH is 1. The van der Waals surface area contributed by atoms with E-state index in [4.69, 9.17) is 5.11 Å². The minimum absolute atomic E-state index is 0.0296. The van der Waals surface area contributed by atoms with Crippen molar-refractivity contribution in [3.8, 4) is 0 Å². The summed E-state index contributed by atoms with van der Waals surface area (Å²) in [7, 11) is 0. The van der Waals surface area contributed by atoms with Crippen molar-refractivity contribution in [1.82, 2.24) is 14.5 Å². The SMILES string of the molecule is O=c1[nH]c2ccccc2n1CCCN1CC(CO)C1. The normalized spacial score (nSPS) is 16.9. The number of nitrogens with one attached hydrogen (secondary N) is 1. The average Bonchev–Trinajstić information content (AvgIpc) is 2.68. The lowest BCUT2D eigenvalue weighted by molar-refractivity contribution is 0.0524. The molecule has 2 N–H and O–H groups in total. The van der Waals surface area contributed by atoms with Crippen molar-refractivity contribution in [2.45, 2.75) is 13.0 Å². The number of benzene rings is 1. The van der Waals surface area contributed by atoms with E-state index in [9.17, 15) is 4.79 Å². The Hall–Kier alpha value is -1.59. The third kappa shape index (κ3) is 2.43. The highest BCUT2D eigenvalue weighted by atomic mass is 16.3. The molecule has 0 unspecified atom stereocenters. The van der Waals surface area contributed by atoms with Crippen LogP contribution in [-0.4, -0.2) is 45.8 Å². The summed E-state index contributed by atoms with van der Waals surface area (Å²) in [6, 6.07) is 7.78. The van der Waals surface area contributed by atoms with E-state index in [-0.39, 0.29) is 5.69 Å². The van der Waals surface area contributed by atoms with Crippen molar-refractivity contribution in [1.29, 1.82) is 0 Å². The van der Waals surface area contributed by atoms with E-state index in [1.807, 2.05) is 24.3 Å². The molecule has 0 amide bonds. The number of aromatic nitrogens is 2. The molecule has 1 aliphatic rings. The molecule has 0 aliphatic carbocycles. The van der Waals surface area contributed by atoms with Crippen molar-refractivity contribution < 1.29 is 5.11 Å². The van der Waals surface area contributed by atoms with Gasteiger partial charge in [-0.05, 0) is 25.1 Å². The van der Waals surface area contributed by atoms with Gasteiger partial charge in [-0.1, -0.05) is 12.1 Å². The number of hydrogen-bond donors (Lipinski definition) is 2. The van der Waals surface area contributed by atoms with Gasteiger partial charge in [0.25, 0.3) is 0 Å². The number of para-hydroxylation sites is 2. The number of aromatic amines is 1. The standard InChI is InChI=1S/C14H19N3O2/c18-10-11-8-16(9-11)6-3-7-17-13-5-2-1-4-12(13)15-14(17)19/h1-2,4-5,11,18H,3,6-10H2,(H,15,19). The molecule has 0 atom stereocenters. The van der Waals surface area contributed by atoms with E-state index in [1.165, 1.54) is 0 Å². The van der Waals surface area contributed by atoms with Crippen molar-refractivity contribution in [2.24, 2.45) is 5.92 Å². The molecule has 1 aliphatic heterocycles. The predicted molar refractivity (Wildman–Crippen MR) is 74.2 cm³/mol. The van der Waals surface area contributed by atoms with Crippen LogP contribution < -0.4 is 5.69 Å². The Morgan fingerprint density at radius 1 is 1.26 bits per heavy atom. The highest BCUT2D eigenvalue weighted by Crippen LogP contribution is 2.15. The van der Waals surface area contributed by atoms with Gasteiger partial charge in [-0.2, -0.15) is 0 Å². The van der Waals surface area contributed by atoms with Gasteiger partial charge in [-0.25, -0.2) is 4.79 Å². The highest BCUT2D eigenvalue weighted by molar-refractivity contribution is 5.74. The molecular weight excluding hydrogens is 242 g/mol. The van der Waals surface area contributed by atoms with Crippen LogP contribution in [0.4, 0.5) is 0 Å². The van der Waals surface area contributed by atoms with Crippen molar-refractivity contribution >= 4 is 11.0 Å². The number of fused-ring (bicyclic) bond motifs is 1. The average molecular weight is 261 g/mol. The van der Waals surface area contributed by atoms with Crippen molar-refractivity contribution in [2.75, 3.05) is 26.2 Å². The molecule has 102 valence electrons. The maximum Gasteiger partial charge on any atom is 0.326 e. The van der Waals surface area contributed by atoms with Gasteiger partial charge >= 0.3 is 5.69 Å². The van der Waals surface area contributed by atoms with Gasteiger partial charge in [-0.15, -0.1) is 0 Å². The summed E-state index contributed by atoms with van der Waals surface area (Å²) in [6.45, 7) is 3.99. The van der Waals surface area contributed by atoms with E-state index in [0.717, 1.165) is 43.6 Å². The van der Waals surface area contributed by atoms with Gasteiger partial charge in [0.2, 0.25) is 0 Å². The molecule has 1 aromatic heterocycles. The zero-order chi connectivity index (χ0) is 13.2. The van der Waals surface area contributed by atoms with Crippen LogP contribution in [0.3, 0.4) is 0 Å². The Kier molecular flexibility index (Phi) is 3.40. The smallest absolute Gasteiger partial charge is 0.326 e. The van der Waals surface area contributed by atoms with E-state index in [1.54, 1.807) is 4.57 Å². The first kappa shape index (κ1) is 12.4. The number of aliphatic hydroxyl groups is 1. The second-order valence-electron chi connectivity index (χ2n) is 5.26. The van der Waals surface area contributed by atoms with Crippen LogP contribution in [0.25, 0.3) is 11.0 Å².